The molecule has 122 valence electrons. The minimum atomic E-state index is -0.530. The molecule has 3 aliphatic carbocycles. The van der Waals surface area contributed by atoms with Crippen LogP contribution in [-0.2, 0) is 4.79 Å². The number of hydrogen-bond donors (Lipinski definition) is 1. The molecule has 1 N–H and O–H groups in total. The van der Waals surface area contributed by atoms with Crippen LogP contribution in [0.4, 0.5) is 0 Å². The molecule has 0 aromatic heterocycles. The lowest BCUT2D eigenvalue weighted by Gasteiger charge is -2.52. The van der Waals surface area contributed by atoms with Gasteiger partial charge in [-0.05, 0) is 68.1 Å². The maximum absolute atomic E-state index is 12.4. The average Bonchev–Trinajstić information content (AvgIpc) is 2.78. The molecule has 2 heteroatoms. The van der Waals surface area contributed by atoms with E-state index in [0.717, 1.165) is 32.1 Å². The van der Waals surface area contributed by atoms with Crippen LogP contribution in [0, 0.1) is 34.5 Å². The monoisotopic (exact) mass is 302 g/mol. The fourth-order valence-electron chi connectivity index (χ4n) is 5.84. The van der Waals surface area contributed by atoms with Crippen molar-refractivity contribution in [3.8, 4) is 0 Å². The van der Waals surface area contributed by atoms with Gasteiger partial charge in [0.15, 0.2) is 0 Å². The van der Waals surface area contributed by atoms with E-state index in [0.29, 0.717) is 23.7 Å². The Morgan fingerprint density at radius 2 is 2.05 bits per heavy atom. The molecule has 0 spiro atoms. The van der Waals surface area contributed by atoms with Gasteiger partial charge >= 0.3 is 5.97 Å². The Balaban J connectivity index is 2.04. The van der Waals surface area contributed by atoms with Crippen LogP contribution < -0.4 is 0 Å². The number of carboxylic acid groups (broad SMARTS) is 1. The summed E-state index contributed by atoms with van der Waals surface area (Å²) in [5.41, 5.74) is 1.08. The standard InChI is InChI=1S/C20H30O2/c1-13(2)15-7-8-17-16-6-5-14(3)9-10-19(16,4)11-12-20(15,17)18(21)22/h5-6,9,13,15-17H,7-8,10-12H2,1-4H3,(H,21,22)/t15-,16-,17+,19-,20-/m1/s1. The van der Waals surface area contributed by atoms with Gasteiger partial charge < -0.3 is 5.11 Å². The molecule has 0 saturated heterocycles. The fourth-order valence-corrected chi connectivity index (χ4v) is 5.84. The van der Waals surface area contributed by atoms with Gasteiger partial charge in [-0.25, -0.2) is 0 Å². The molecule has 0 bridgehead atoms. The van der Waals surface area contributed by atoms with E-state index in [1.54, 1.807) is 0 Å². The van der Waals surface area contributed by atoms with Crippen molar-refractivity contribution in [1.82, 2.24) is 0 Å². The van der Waals surface area contributed by atoms with E-state index in [4.69, 9.17) is 0 Å². The average molecular weight is 302 g/mol. The van der Waals surface area contributed by atoms with Crippen LogP contribution in [0.5, 0.6) is 0 Å². The van der Waals surface area contributed by atoms with E-state index in [1.165, 1.54) is 5.57 Å². The predicted octanol–water partition coefficient (Wildman–Crippen LogP) is 5.06. The van der Waals surface area contributed by atoms with Crippen molar-refractivity contribution >= 4 is 5.97 Å². The number of carbonyl (C=O) groups is 1. The third-order valence-corrected chi connectivity index (χ3v) is 7.12. The van der Waals surface area contributed by atoms with E-state index in [1.807, 2.05) is 0 Å². The van der Waals surface area contributed by atoms with Crippen LogP contribution in [0.1, 0.15) is 59.8 Å². The quantitative estimate of drug-likeness (QED) is 0.774. The maximum atomic E-state index is 12.4. The molecular formula is C20H30O2. The van der Waals surface area contributed by atoms with Crippen LogP contribution >= 0.6 is 0 Å². The molecule has 3 rings (SSSR count). The first kappa shape index (κ1) is 15.8. The number of hydrogen-bond acceptors (Lipinski definition) is 1. The van der Waals surface area contributed by atoms with E-state index in [9.17, 15) is 9.90 Å². The Kier molecular flexibility index (Phi) is 3.78. The largest absolute Gasteiger partial charge is 0.481 e. The van der Waals surface area contributed by atoms with Crippen LogP contribution in [-0.4, -0.2) is 11.1 Å². The second kappa shape index (κ2) is 5.25. The Labute approximate surface area is 134 Å². The first-order valence-electron chi connectivity index (χ1n) is 8.89. The van der Waals surface area contributed by atoms with Gasteiger partial charge in [0, 0.05) is 0 Å². The van der Waals surface area contributed by atoms with Crippen molar-refractivity contribution in [2.24, 2.45) is 34.5 Å². The van der Waals surface area contributed by atoms with Crippen molar-refractivity contribution in [2.75, 3.05) is 0 Å². The molecule has 22 heavy (non-hydrogen) atoms. The Morgan fingerprint density at radius 1 is 1.32 bits per heavy atom. The third kappa shape index (κ3) is 2.10. The van der Waals surface area contributed by atoms with Gasteiger partial charge in [0.1, 0.15) is 0 Å². The number of aliphatic carboxylic acids is 1. The molecule has 2 fully saturated rings. The van der Waals surface area contributed by atoms with Gasteiger partial charge in [-0.2, -0.15) is 0 Å². The van der Waals surface area contributed by atoms with Crippen LogP contribution in [0.3, 0.4) is 0 Å². The van der Waals surface area contributed by atoms with E-state index < -0.39 is 11.4 Å². The summed E-state index contributed by atoms with van der Waals surface area (Å²) < 4.78 is 0. The van der Waals surface area contributed by atoms with Gasteiger partial charge in [-0.15, -0.1) is 0 Å². The Hall–Kier alpha value is -1.05. The zero-order chi connectivity index (χ0) is 16.1. The van der Waals surface area contributed by atoms with Gasteiger partial charge in [-0.1, -0.05) is 44.6 Å². The molecule has 5 atom stereocenters. The molecule has 0 radical (unpaired) electrons. The summed E-state index contributed by atoms with van der Waals surface area (Å²) in [5, 5.41) is 10.2. The number of carboxylic acids is 1. The number of rotatable bonds is 2. The number of allylic oxidation sites excluding steroid dienone is 4. The summed E-state index contributed by atoms with van der Waals surface area (Å²) >= 11 is 0. The minimum Gasteiger partial charge on any atom is -0.481 e. The van der Waals surface area contributed by atoms with Crippen molar-refractivity contribution in [2.45, 2.75) is 59.8 Å². The fraction of sp³-hybridized carbons (Fsp3) is 0.750. The van der Waals surface area contributed by atoms with Gasteiger partial charge in [-0.3, -0.25) is 4.79 Å². The van der Waals surface area contributed by atoms with Gasteiger partial charge in [0.25, 0.3) is 0 Å². The zero-order valence-electron chi connectivity index (χ0n) is 14.4. The topological polar surface area (TPSA) is 37.3 Å². The van der Waals surface area contributed by atoms with Crippen molar-refractivity contribution in [3.05, 3.63) is 23.8 Å². The highest BCUT2D eigenvalue weighted by Crippen LogP contribution is 2.65. The summed E-state index contributed by atoms with van der Waals surface area (Å²) in [6.07, 6.45) is 12.1. The second-order valence-electron chi connectivity index (χ2n) is 8.57. The summed E-state index contributed by atoms with van der Waals surface area (Å²) in [6, 6.07) is 0. The molecule has 0 unspecified atom stereocenters. The predicted molar refractivity (Wildman–Crippen MR) is 89.5 cm³/mol. The molecule has 0 amide bonds. The van der Waals surface area contributed by atoms with Crippen molar-refractivity contribution in [3.63, 3.8) is 0 Å². The summed E-state index contributed by atoms with van der Waals surface area (Å²) in [4.78, 5) is 12.4. The first-order valence-corrected chi connectivity index (χ1v) is 8.89. The summed E-state index contributed by atoms with van der Waals surface area (Å²) in [5.74, 6) is 0.991. The second-order valence-corrected chi connectivity index (χ2v) is 8.57. The van der Waals surface area contributed by atoms with Crippen LogP contribution in [0.15, 0.2) is 23.8 Å². The van der Waals surface area contributed by atoms with Crippen molar-refractivity contribution in [1.29, 1.82) is 0 Å². The minimum absolute atomic E-state index is 0.240. The lowest BCUT2D eigenvalue weighted by molar-refractivity contribution is -0.164. The van der Waals surface area contributed by atoms with Crippen LogP contribution in [0.25, 0.3) is 0 Å². The molecule has 0 aliphatic heterocycles. The van der Waals surface area contributed by atoms with Crippen LogP contribution in [0.2, 0.25) is 0 Å². The molecule has 0 heterocycles. The third-order valence-electron chi connectivity index (χ3n) is 7.12. The van der Waals surface area contributed by atoms with E-state index in [-0.39, 0.29) is 5.41 Å². The lowest BCUT2D eigenvalue weighted by atomic mass is 9.50. The SMILES string of the molecule is CC1=CC[C@]2(C)CC[C@@]3(C(=O)O)[C@@H](C(C)C)CC[C@H]3[C@H]2C=C1. The molecule has 0 aromatic rings. The van der Waals surface area contributed by atoms with E-state index in [2.05, 4.69) is 45.9 Å². The molecule has 0 aromatic carbocycles. The highest BCUT2D eigenvalue weighted by molar-refractivity contribution is 5.76. The lowest BCUT2D eigenvalue weighted by Crippen LogP contribution is -2.52. The molecule has 3 aliphatic rings. The molecule has 2 saturated carbocycles. The highest BCUT2D eigenvalue weighted by Gasteiger charge is 2.63. The Morgan fingerprint density at radius 3 is 2.68 bits per heavy atom. The smallest absolute Gasteiger partial charge is 0.310 e. The summed E-state index contributed by atoms with van der Waals surface area (Å²) in [7, 11) is 0. The maximum Gasteiger partial charge on any atom is 0.310 e. The molecule has 2 nitrogen and oxygen atoms in total. The number of fused-ring (bicyclic) bond motifs is 3. The zero-order valence-corrected chi connectivity index (χ0v) is 14.4. The first-order chi connectivity index (χ1) is 10.3. The normalized spacial score (nSPS) is 44.2. The van der Waals surface area contributed by atoms with E-state index >= 15 is 0 Å². The molecular weight excluding hydrogens is 272 g/mol. The van der Waals surface area contributed by atoms with Gasteiger partial charge in [0.05, 0.1) is 5.41 Å². The van der Waals surface area contributed by atoms with Gasteiger partial charge in [0.2, 0.25) is 0 Å². The Bertz CT molecular complexity index is 530. The van der Waals surface area contributed by atoms with Crippen molar-refractivity contribution < 1.29 is 9.90 Å². The summed E-state index contributed by atoms with van der Waals surface area (Å²) in [6.45, 7) is 8.96. The highest BCUT2D eigenvalue weighted by atomic mass is 16.4.